The normalized spacial score (nSPS) is 31.1. The molecule has 2 heterocycles. The first-order valence-electron chi connectivity index (χ1n) is 5.45. The summed E-state index contributed by atoms with van der Waals surface area (Å²) in [6.45, 7) is 6.53. The summed E-state index contributed by atoms with van der Waals surface area (Å²) in [7, 11) is 0. The van der Waals surface area contributed by atoms with Crippen molar-refractivity contribution < 1.29 is 0 Å². The van der Waals surface area contributed by atoms with Crippen LogP contribution in [0.1, 0.15) is 35.8 Å². The van der Waals surface area contributed by atoms with Gasteiger partial charge in [0.05, 0.1) is 11.2 Å². The summed E-state index contributed by atoms with van der Waals surface area (Å²) < 4.78 is 0. The van der Waals surface area contributed by atoms with Crippen LogP contribution >= 0.6 is 23.1 Å². The lowest BCUT2D eigenvalue weighted by Gasteiger charge is -2.25. The van der Waals surface area contributed by atoms with E-state index in [4.69, 9.17) is 10.7 Å². The van der Waals surface area contributed by atoms with E-state index < -0.39 is 0 Å². The molecule has 1 saturated heterocycles. The highest BCUT2D eigenvalue weighted by Gasteiger charge is 2.41. The zero-order chi connectivity index (χ0) is 11.1. The second-order valence-corrected chi connectivity index (χ2v) is 6.83. The van der Waals surface area contributed by atoms with Crippen molar-refractivity contribution in [1.82, 2.24) is 4.98 Å². The molecule has 84 valence electrons. The van der Waals surface area contributed by atoms with E-state index in [1.165, 1.54) is 10.6 Å². The lowest BCUT2D eigenvalue weighted by molar-refractivity contribution is 0.445. The summed E-state index contributed by atoms with van der Waals surface area (Å²) in [5.74, 6) is 1.16. The van der Waals surface area contributed by atoms with E-state index in [2.05, 4.69) is 20.8 Å². The van der Waals surface area contributed by atoms with Gasteiger partial charge in [-0.2, -0.15) is 11.8 Å². The Morgan fingerprint density at radius 1 is 1.60 bits per heavy atom. The Bertz CT molecular complexity index is 361. The Hall–Kier alpha value is -0.0600. The highest BCUT2D eigenvalue weighted by Crippen LogP contribution is 2.42. The summed E-state index contributed by atoms with van der Waals surface area (Å²) in [6, 6.07) is 0. The van der Waals surface area contributed by atoms with E-state index >= 15 is 0 Å². The molecule has 15 heavy (non-hydrogen) atoms. The van der Waals surface area contributed by atoms with Gasteiger partial charge in [-0.05, 0) is 25.5 Å². The van der Waals surface area contributed by atoms with Gasteiger partial charge in [-0.3, -0.25) is 0 Å². The van der Waals surface area contributed by atoms with Crippen molar-refractivity contribution in [2.24, 2.45) is 5.73 Å². The van der Waals surface area contributed by atoms with E-state index in [9.17, 15) is 0 Å². The Kier molecular flexibility index (Phi) is 3.10. The second kappa shape index (κ2) is 4.07. The summed E-state index contributed by atoms with van der Waals surface area (Å²) in [5.41, 5.74) is 7.54. The van der Waals surface area contributed by atoms with Gasteiger partial charge in [0.25, 0.3) is 0 Å². The van der Waals surface area contributed by atoms with Crippen LogP contribution in [0.15, 0.2) is 0 Å². The summed E-state index contributed by atoms with van der Waals surface area (Å²) in [6.07, 6.45) is 2.08. The van der Waals surface area contributed by atoms with Crippen LogP contribution in [-0.2, 0) is 12.0 Å². The third-order valence-corrected chi connectivity index (χ3v) is 5.80. The number of nitrogens with zero attached hydrogens (tertiary/aromatic N) is 1. The van der Waals surface area contributed by atoms with Crippen LogP contribution in [0.3, 0.4) is 0 Å². The molecule has 0 aliphatic carbocycles. The topological polar surface area (TPSA) is 38.9 Å². The molecule has 2 unspecified atom stereocenters. The van der Waals surface area contributed by atoms with Crippen molar-refractivity contribution in [3.05, 3.63) is 15.6 Å². The molecule has 1 fully saturated rings. The molecule has 0 bridgehead atoms. The molecule has 2 N–H and O–H groups in total. The third kappa shape index (κ3) is 1.83. The van der Waals surface area contributed by atoms with E-state index in [1.54, 1.807) is 11.3 Å². The Labute approximate surface area is 99.7 Å². The Balaban J connectivity index is 2.36. The van der Waals surface area contributed by atoms with Crippen LogP contribution in [0.25, 0.3) is 0 Å². The van der Waals surface area contributed by atoms with Crippen molar-refractivity contribution in [3.8, 4) is 0 Å². The summed E-state index contributed by atoms with van der Waals surface area (Å²) in [4.78, 5) is 6.05. The zero-order valence-electron chi connectivity index (χ0n) is 9.54. The maximum absolute atomic E-state index is 6.49. The molecule has 2 rings (SSSR count). The van der Waals surface area contributed by atoms with Gasteiger partial charge in [0.1, 0.15) is 5.01 Å². The number of hydrogen-bond acceptors (Lipinski definition) is 4. The van der Waals surface area contributed by atoms with E-state index in [0.29, 0.717) is 5.25 Å². The number of thiazole rings is 1. The molecule has 0 saturated carbocycles. The number of nitrogens with two attached hydrogens (primary N) is 1. The fraction of sp³-hybridized carbons (Fsp3) is 0.727. The molecule has 1 aromatic heterocycles. The smallest absolute Gasteiger partial charge is 0.114 e. The predicted molar refractivity (Wildman–Crippen MR) is 68.6 cm³/mol. The zero-order valence-corrected chi connectivity index (χ0v) is 11.2. The van der Waals surface area contributed by atoms with Crippen LogP contribution in [-0.4, -0.2) is 16.0 Å². The van der Waals surface area contributed by atoms with Crippen LogP contribution in [0.4, 0.5) is 0 Å². The lowest BCUT2D eigenvalue weighted by atomic mass is 9.95. The van der Waals surface area contributed by atoms with Crippen LogP contribution in [0.2, 0.25) is 0 Å². The van der Waals surface area contributed by atoms with Gasteiger partial charge in [-0.15, -0.1) is 11.3 Å². The van der Waals surface area contributed by atoms with Gasteiger partial charge in [-0.25, -0.2) is 4.98 Å². The first kappa shape index (κ1) is 11.4. The average Bonchev–Trinajstić information content (AvgIpc) is 2.73. The number of aryl methyl sites for hydroxylation is 2. The van der Waals surface area contributed by atoms with Gasteiger partial charge < -0.3 is 5.73 Å². The molecule has 0 spiro atoms. The quantitative estimate of drug-likeness (QED) is 0.866. The van der Waals surface area contributed by atoms with Gasteiger partial charge in [0, 0.05) is 10.1 Å². The average molecular weight is 242 g/mol. The molecule has 2 atom stereocenters. The first-order chi connectivity index (χ1) is 7.08. The van der Waals surface area contributed by atoms with Crippen LogP contribution < -0.4 is 5.73 Å². The predicted octanol–water partition coefficient (Wildman–Crippen LogP) is 2.69. The summed E-state index contributed by atoms with van der Waals surface area (Å²) in [5, 5.41) is 1.64. The number of hydrogen-bond donors (Lipinski definition) is 1. The van der Waals surface area contributed by atoms with Gasteiger partial charge in [0.15, 0.2) is 0 Å². The molecule has 0 radical (unpaired) electrons. The molecular weight excluding hydrogens is 224 g/mol. The highest BCUT2D eigenvalue weighted by atomic mass is 32.2. The van der Waals surface area contributed by atoms with Crippen molar-refractivity contribution in [1.29, 1.82) is 0 Å². The van der Waals surface area contributed by atoms with Crippen molar-refractivity contribution >= 4 is 23.1 Å². The second-order valence-electron chi connectivity index (χ2n) is 4.18. The monoisotopic (exact) mass is 242 g/mol. The highest BCUT2D eigenvalue weighted by molar-refractivity contribution is 8.00. The molecule has 2 nitrogen and oxygen atoms in total. The maximum atomic E-state index is 6.49. The Morgan fingerprint density at radius 2 is 2.33 bits per heavy atom. The van der Waals surface area contributed by atoms with Crippen molar-refractivity contribution in [2.75, 3.05) is 5.75 Å². The van der Waals surface area contributed by atoms with Gasteiger partial charge in [0.2, 0.25) is 0 Å². The van der Waals surface area contributed by atoms with Crippen molar-refractivity contribution in [3.63, 3.8) is 0 Å². The molecular formula is C11H18N2S2. The minimum Gasteiger partial charge on any atom is -0.318 e. The van der Waals surface area contributed by atoms with E-state index in [-0.39, 0.29) is 5.54 Å². The van der Waals surface area contributed by atoms with E-state index in [1.807, 2.05) is 11.8 Å². The first-order valence-corrected chi connectivity index (χ1v) is 7.31. The fourth-order valence-corrected chi connectivity index (χ4v) is 4.63. The van der Waals surface area contributed by atoms with Crippen molar-refractivity contribution in [2.45, 2.75) is 44.4 Å². The molecule has 0 aromatic carbocycles. The molecule has 1 aromatic rings. The minimum absolute atomic E-state index is 0.173. The van der Waals surface area contributed by atoms with Crippen LogP contribution in [0.5, 0.6) is 0 Å². The maximum Gasteiger partial charge on any atom is 0.114 e. The molecule has 0 amide bonds. The lowest BCUT2D eigenvalue weighted by Crippen LogP contribution is -2.41. The number of aromatic nitrogens is 1. The standard InChI is InChI=1S/C11H18N2S2/c1-4-9-7(2)15-10(13-9)11(12)5-6-14-8(11)3/h8H,4-6,12H2,1-3H3. The van der Waals surface area contributed by atoms with Gasteiger partial charge >= 0.3 is 0 Å². The molecule has 1 aliphatic rings. The Morgan fingerprint density at radius 3 is 2.80 bits per heavy atom. The summed E-state index contributed by atoms with van der Waals surface area (Å²) >= 11 is 3.75. The van der Waals surface area contributed by atoms with Crippen LogP contribution in [0, 0.1) is 6.92 Å². The number of thioether (sulfide) groups is 1. The number of rotatable bonds is 2. The minimum atomic E-state index is -0.173. The molecule has 4 heteroatoms. The third-order valence-electron chi connectivity index (χ3n) is 3.23. The molecule has 1 aliphatic heterocycles. The SMILES string of the molecule is CCc1nc(C2(N)CCSC2C)sc1C. The van der Waals surface area contributed by atoms with Gasteiger partial charge in [-0.1, -0.05) is 13.8 Å². The fourth-order valence-electron chi connectivity index (χ4n) is 1.99. The van der Waals surface area contributed by atoms with E-state index in [0.717, 1.165) is 23.6 Å². The largest absolute Gasteiger partial charge is 0.318 e.